The molecule has 0 aromatic heterocycles. The predicted molar refractivity (Wildman–Crippen MR) is 103 cm³/mol. The highest BCUT2D eigenvalue weighted by atomic mass is 16.5. The molecule has 0 spiro atoms. The molecule has 26 heavy (non-hydrogen) atoms. The van der Waals surface area contributed by atoms with E-state index in [1.807, 2.05) is 62.4 Å². The second-order valence-electron chi connectivity index (χ2n) is 5.92. The van der Waals surface area contributed by atoms with Crippen LogP contribution in [0.4, 0.5) is 0 Å². The summed E-state index contributed by atoms with van der Waals surface area (Å²) in [5.74, 6) is 0.245. The van der Waals surface area contributed by atoms with Gasteiger partial charge in [0, 0.05) is 19.2 Å². The lowest BCUT2D eigenvalue weighted by molar-refractivity contribution is -0.123. The van der Waals surface area contributed by atoms with E-state index in [0.717, 1.165) is 11.1 Å². The van der Waals surface area contributed by atoms with Crippen LogP contribution in [0.2, 0.25) is 0 Å². The number of hydrogen-bond donors (Lipinski definition) is 2. The third-order valence-corrected chi connectivity index (χ3v) is 3.82. The molecule has 0 radical (unpaired) electrons. The molecule has 2 aromatic rings. The maximum atomic E-state index is 11.8. The van der Waals surface area contributed by atoms with Crippen LogP contribution in [0, 0.1) is 13.8 Å². The average molecular weight is 352 g/mol. The summed E-state index contributed by atoms with van der Waals surface area (Å²) in [5, 5.41) is 5.42. The molecule has 2 rings (SSSR count). The number of carbonyl (C=O) groups is 2. The Morgan fingerprint density at radius 1 is 0.962 bits per heavy atom. The zero-order valence-corrected chi connectivity index (χ0v) is 15.1. The van der Waals surface area contributed by atoms with Gasteiger partial charge in [0.05, 0.1) is 0 Å². The molecule has 2 N–H and O–H groups in total. The molecule has 0 bridgehead atoms. The first-order valence-corrected chi connectivity index (χ1v) is 8.52. The van der Waals surface area contributed by atoms with Crippen LogP contribution in [-0.2, 0) is 9.59 Å². The van der Waals surface area contributed by atoms with Crippen LogP contribution in [0.1, 0.15) is 16.7 Å². The fourth-order valence-corrected chi connectivity index (χ4v) is 2.19. The minimum absolute atomic E-state index is 0.0512. The van der Waals surface area contributed by atoms with E-state index in [-0.39, 0.29) is 18.4 Å². The lowest BCUT2D eigenvalue weighted by Crippen LogP contribution is -2.36. The van der Waals surface area contributed by atoms with E-state index in [4.69, 9.17) is 4.74 Å². The Bertz CT molecular complexity index is 770. The van der Waals surface area contributed by atoms with Crippen molar-refractivity contribution in [3.05, 3.63) is 71.3 Å². The Morgan fingerprint density at radius 2 is 1.69 bits per heavy atom. The lowest BCUT2D eigenvalue weighted by Gasteiger charge is -2.09. The number of aryl methyl sites for hydroxylation is 2. The zero-order chi connectivity index (χ0) is 18.8. The summed E-state index contributed by atoms with van der Waals surface area (Å²) >= 11 is 0. The highest BCUT2D eigenvalue weighted by Gasteiger charge is 2.03. The first-order chi connectivity index (χ1) is 12.5. The van der Waals surface area contributed by atoms with E-state index >= 15 is 0 Å². The summed E-state index contributed by atoms with van der Waals surface area (Å²) in [7, 11) is 0. The minimum Gasteiger partial charge on any atom is -0.484 e. The number of carbonyl (C=O) groups excluding carboxylic acids is 2. The SMILES string of the molecule is Cc1ccc(OCC(=O)NCCNC(=O)/C=C/c2ccccc2)cc1C. The largest absolute Gasteiger partial charge is 0.484 e. The molecule has 0 saturated heterocycles. The van der Waals surface area contributed by atoms with Crippen molar-refractivity contribution in [3.63, 3.8) is 0 Å². The van der Waals surface area contributed by atoms with Crippen molar-refractivity contribution in [2.75, 3.05) is 19.7 Å². The molecule has 0 atom stereocenters. The van der Waals surface area contributed by atoms with Gasteiger partial charge in [-0.25, -0.2) is 0 Å². The summed E-state index contributed by atoms with van der Waals surface area (Å²) < 4.78 is 5.46. The molecule has 136 valence electrons. The fourth-order valence-electron chi connectivity index (χ4n) is 2.19. The van der Waals surface area contributed by atoms with Crippen molar-refractivity contribution in [1.29, 1.82) is 0 Å². The monoisotopic (exact) mass is 352 g/mol. The molecule has 0 aliphatic carbocycles. The number of nitrogens with one attached hydrogen (secondary N) is 2. The number of benzene rings is 2. The zero-order valence-electron chi connectivity index (χ0n) is 15.1. The van der Waals surface area contributed by atoms with E-state index in [1.165, 1.54) is 11.6 Å². The molecule has 0 fully saturated rings. The molecule has 0 aliphatic heterocycles. The van der Waals surface area contributed by atoms with Gasteiger partial charge in [0.2, 0.25) is 5.91 Å². The predicted octanol–water partition coefficient (Wildman–Crippen LogP) is 2.63. The van der Waals surface area contributed by atoms with Crippen LogP contribution in [0.5, 0.6) is 5.75 Å². The highest BCUT2D eigenvalue weighted by molar-refractivity contribution is 5.91. The summed E-state index contributed by atoms with van der Waals surface area (Å²) in [6.07, 6.45) is 3.21. The molecule has 0 saturated carbocycles. The van der Waals surface area contributed by atoms with Gasteiger partial charge in [0.15, 0.2) is 6.61 Å². The molecule has 0 aliphatic rings. The van der Waals surface area contributed by atoms with Crippen molar-refractivity contribution in [2.45, 2.75) is 13.8 Å². The van der Waals surface area contributed by atoms with Crippen LogP contribution in [0.25, 0.3) is 6.08 Å². The van der Waals surface area contributed by atoms with Gasteiger partial charge in [-0.2, -0.15) is 0 Å². The summed E-state index contributed by atoms with van der Waals surface area (Å²) in [6, 6.07) is 15.3. The molecule has 5 heteroatoms. The van der Waals surface area contributed by atoms with Gasteiger partial charge in [-0.05, 0) is 48.7 Å². The second kappa shape index (κ2) is 10.0. The quantitative estimate of drug-likeness (QED) is 0.567. The van der Waals surface area contributed by atoms with E-state index in [0.29, 0.717) is 18.8 Å². The topological polar surface area (TPSA) is 67.4 Å². The first kappa shape index (κ1) is 19.2. The Kier molecular flexibility index (Phi) is 7.43. The van der Waals surface area contributed by atoms with Gasteiger partial charge in [0.25, 0.3) is 5.91 Å². The van der Waals surface area contributed by atoms with Crippen LogP contribution in [-0.4, -0.2) is 31.5 Å². The molecule has 0 heterocycles. The van der Waals surface area contributed by atoms with Crippen LogP contribution in [0.3, 0.4) is 0 Å². The Labute approximate surface area is 154 Å². The van der Waals surface area contributed by atoms with Crippen molar-refractivity contribution in [2.24, 2.45) is 0 Å². The average Bonchev–Trinajstić information content (AvgIpc) is 2.65. The first-order valence-electron chi connectivity index (χ1n) is 8.52. The van der Waals surface area contributed by atoms with Gasteiger partial charge in [-0.15, -0.1) is 0 Å². The van der Waals surface area contributed by atoms with Crippen LogP contribution < -0.4 is 15.4 Å². The highest BCUT2D eigenvalue weighted by Crippen LogP contribution is 2.16. The van der Waals surface area contributed by atoms with E-state index in [2.05, 4.69) is 10.6 Å². The van der Waals surface area contributed by atoms with Gasteiger partial charge >= 0.3 is 0 Å². The van der Waals surface area contributed by atoms with Crippen molar-refractivity contribution < 1.29 is 14.3 Å². The molecule has 2 aromatic carbocycles. The second-order valence-corrected chi connectivity index (χ2v) is 5.92. The maximum absolute atomic E-state index is 11.8. The van der Waals surface area contributed by atoms with E-state index in [1.54, 1.807) is 6.08 Å². The van der Waals surface area contributed by atoms with Gasteiger partial charge < -0.3 is 15.4 Å². The molecular weight excluding hydrogens is 328 g/mol. The Hall–Kier alpha value is -3.08. The van der Waals surface area contributed by atoms with Crippen molar-refractivity contribution >= 4 is 17.9 Å². The Balaban J connectivity index is 1.61. The van der Waals surface area contributed by atoms with E-state index < -0.39 is 0 Å². The molecule has 5 nitrogen and oxygen atoms in total. The van der Waals surface area contributed by atoms with Gasteiger partial charge in [-0.3, -0.25) is 9.59 Å². The van der Waals surface area contributed by atoms with Gasteiger partial charge in [0.1, 0.15) is 5.75 Å². The third kappa shape index (κ3) is 6.81. The summed E-state index contributed by atoms with van der Waals surface area (Å²) in [4.78, 5) is 23.5. The molecular formula is C21H24N2O3. The number of ether oxygens (including phenoxy) is 1. The standard InChI is InChI=1S/C21H24N2O3/c1-16-8-10-19(14-17(16)2)26-15-21(25)23-13-12-22-20(24)11-9-18-6-4-3-5-7-18/h3-11,14H,12-13,15H2,1-2H3,(H,22,24)(H,23,25)/b11-9+. The summed E-state index contributed by atoms with van der Waals surface area (Å²) in [5.41, 5.74) is 3.26. The van der Waals surface area contributed by atoms with Crippen molar-refractivity contribution in [3.8, 4) is 5.75 Å². The van der Waals surface area contributed by atoms with Gasteiger partial charge in [-0.1, -0.05) is 36.4 Å². The lowest BCUT2D eigenvalue weighted by atomic mass is 10.1. The van der Waals surface area contributed by atoms with Crippen LogP contribution >= 0.6 is 0 Å². The normalized spacial score (nSPS) is 10.5. The maximum Gasteiger partial charge on any atom is 0.258 e. The fraction of sp³-hybridized carbons (Fsp3) is 0.238. The molecule has 2 amide bonds. The summed E-state index contributed by atoms with van der Waals surface area (Å²) in [6.45, 7) is 4.67. The van der Waals surface area contributed by atoms with Crippen LogP contribution in [0.15, 0.2) is 54.6 Å². The third-order valence-electron chi connectivity index (χ3n) is 3.82. The number of amides is 2. The smallest absolute Gasteiger partial charge is 0.258 e. The Morgan fingerprint density at radius 3 is 2.42 bits per heavy atom. The number of rotatable bonds is 8. The van der Waals surface area contributed by atoms with E-state index in [9.17, 15) is 9.59 Å². The van der Waals surface area contributed by atoms with Crippen molar-refractivity contribution in [1.82, 2.24) is 10.6 Å². The molecule has 0 unspecified atom stereocenters. The number of hydrogen-bond acceptors (Lipinski definition) is 3. The minimum atomic E-state index is -0.225.